The molecule has 0 radical (unpaired) electrons. The monoisotopic (exact) mass is 315 g/mol. The lowest BCUT2D eigenvalue weighted by Gasteiger charge is -2.41. The van der Waals surface area contributed by atoms with Gasteiger partial charge >= 0.3 is 0 Å². The Balaban J connectivity index is 1.87. The van der Waals surface area contributed by atoms with Crippen molar-refractivity contribution in [3.8, 4) is 0 Å². The van der Waals surface area contributed by atoms with Gasteiger partial charge in [-0.3, -0.25) is 9.59 Å². The summed E-state index contributed by atoms with van der Waals surface area (Å²) in [5, 5.41) is 3.32. The number of hydrogen-bond acceptors (Lipinski definition) is 3. The van der Waals surface area contributed by atoms with Crippen LogP contribution in [0.5, 0.6) is 0 Å². The van der Waals surface area contributed by atoms with Crippen molar-refractivity contribution in [3.05, 3.63) is 29.8 Å². The van der Waals surface area contributed by atoms with E-state index >= 15 is 0 Å². The van der Waals surface area contributed by atoms with Gasteiger partial charge in [-0.1, -0.05) is 12.1 Å². The second kappa shape index (κ2) is 6.22. The topological polar surface area (TPSA) is 52.7 Å². The molecule has 0 aliphatic carbocycles. The van der Waals surface area contributed by atoms with Gasteiger partial charge in [-0.2, -0.15) is 0 Å². The predicted molar refractivity (Wildman–Crippen MR) is 90.4 cm³/mol. The van der Waals surface area contributed by atoms with Gasteiger partial charge in [0, 0.05) is 30.9 Å². The van der Waals surface area contributed by atoms with Crippen LogP contribution in [0.4, 0.5) is 5.69 Å². The second-order valence-corrected chi connectivity index (χ2v) is 6.81. The summed E-state index contributed by atoms with van der Waals surface area (Å²) in [6, 6.07) is 7.60. The Morgan fingerprint density at radius 1 is 1.30 bits per heavy atom. The number of anilines is 1. The molecule has 5 nitrogen and oxygen atoms in total. The minimum Gasteiger partial charge on any atom is -0.382 e. The van der Waals surface area contributed by atoms with Gasteiger partial charge < -0.3 is 15.1 Å². The lowest BCUT2D eigenvalue weighted by Crippen LogP contribution is -2.60. The summed E-state index contributed by atoms with van der Waals surface area (Å²) >= 11 is 0. The van der Waals surface area contributed by atoms with Crippen LogP contribution in [-0.4, -0.2) is 52.8 Å². The number of amides is 2. The van der Waals surface area contributed by atoms with Gasteiger partial charge in [0.2, 0.25) is 5.91 Å². The zero-order valence-corrected chi connectivity index (χ0v) is 14.1. The molecule has 2 amide bonds. The third-order valence-corrected chi connectivity index (χ3v) is 4.76. The molecule has 1 aromatic rings. The quantitative estimate of drug-likeness (QED) is 0.931. The van der Waals surface area contributed by atoms with Crippen LogP contribution in [0.2, 0.25) is 0 Å². The van der Waals surface area contributed by atoms with E-state index in [0.717, 1.165) is 25.1 Å². The van der Waals surface area contributed by atoms with Gasteiger partial charge in [0.25, 0.3) is 5.91 Å². The van der Waals surface area contributed by atoms with Gasteiger partial charge in [-0.15, -0.1) is 0 Å². The summed E-state index contributed by atoms with van der Waals surface area (Å²) in [4.78, 5) is 29.3. The molecule has 0 aromatic heterocycles. The SMILES string of the molecule is CC(C)Nc1ccccc1C(=O)N1C[C@H]2CCCN2C(=O)[C@H]1C. The number of para-hydroxylation sites is 1. The molecule has 5 heteroatoms. The minimum absolute atomic E-state index is 0.0545. The van der Waals surface area contributed by atoms with Crippen molar-refractivity contribution in [2.45, 2.75) is 51.7 Å². The lowest BCUT2D eigenvalue weighted by atomic mass is 10.0. The Hall–Kier alpha value is -2.04. The van der Waals surface area contributed by atoms with E-state index in [0.29, 0.717) is 12.1 Å². The zero-order chi connectivity index (χ0) is 16.6. The lowest BCUT2D eigenvalue weighted by molar-refractivity contribution is -0.141. The maximum Gasteiger partial charge on any atom is 0.256 e. The summed E-state index contributed by atoms with van der Waals surface area (Å²) in [5.41, 5.74) is 1.48. The van der Waals surface area contributed by atoms with Crippen molar-refractivity contribution in [1.82, 2.24) is 9.80 Å². The Kier molecular flexibility index (Phi) is 4.28. The van der Waals surface area contributed by atoms with Crippen LogP contribution in [0.1, 0.15) is 44.0 Å². The van der Waals surface area contributed by atoms with E-state index in [1.807, 2.05) is 49.9 Å². The minimum atomic E-state index is -0.385. The van der Waals surface area contributed by atoms with Gasteiger partial charge in [0.15, 0.2) is 0 Å². The molecular weight excluding hydrogens is 290 g/mol. The fraction of sp³-hybridized carbons (Fsp3) is 0.556. The molecule has 1 N–H and O–H groups in total. The van der Waals surface area contributed by atoms with Crippen LogP contribution < -0.4 is 5.32 Å². The highest BCUT2D eigenvalue weighted by atomic mass is 16.2. The number of fused-ring (bicyclic) bond motifs is 1. The van der Waals surface area contributed by atoms with E-state index in [4.69, 9.17) is 0 Å². The van der Waals surface area contributed by atoms with Crippen LogP contribution in [0.25, 0.3) is 0 Å². The van der Waals surface area contributed by atoms with Gasteiger partial charge in [-0.25, -0.2) is 0 Å². The van der Waals surface area contributed by atoms with Crippen LogP contribution >= 0.6 is 0 Å². The molecule has 1 aromatic carbocycles. The van der Waals surface area contributed by atoms with Crippen LogP contribution in [0, 0.1) is 0 Å². The van der Waals surface area contributed by atoms with Crippen LogP contribution in [0.15, 0.2) is 24.3 Å². The maximum absolute atomic E-state index is 13.1. The number of hydrogen-bond donors (Lipinski definition) is 1. The summed E-state index contributed by atoms with van der Waals surface area (Å²) in [6.07, 6.45) is 2.03. The number of nitrogens with one attached hydrogen (secondary N) is 1. The Bertz CT molecular complexity index is 614. The average Bonchev–Trinajstić information content (AvgIpc) is 2.99. The summed E-state index contributed by atoms with van der Waals surface area (Å²) < 4.78 is 0. The van der Waals surface area contributed by atoms with Crippen molar-refractivity contribution >= 4 is 17.5 Å². The molecule has 2 heterocycles. The molecule has 0 bridgehead atoms. The van der Waals surface area contributed by atoms with Crippen LogP contribution in [0.3, 0.4) is 0 Å². The first-order chi connectivity index (χ1) is 11.0. The number of carbonyl (C=O) groups is 2. The van der Waals surface area contributed by atoms with Crippen molar-refractivity contribution in [2.75, 3.05) is 18.4 Å². The molecule has 23 heavy (non-hydrogen) atoms. The van der Waals surface area contributed by atoms with Gasteiger partial charge in [-0.05, 0) is 45.7 Å². The third kappa shape index (κ3) is 2.92. The largest absolute Gasteiger partial charge is 0.382 e. The van der Waals surface area contributed by atoms with Crippen molar-refractivity contribution in [2.24, 2.45) is 0 Å². The molecule has 2 aliphatic rings. The molecule has 0 saturated carbocycles. The number of nitrogens with zero attached hydrogens (tertiary/aromatic N) is 2. The fourth-order valence-corrected chi connectivity index (χ4v) is 3.59. The van der Waals surface area contributed by atoms with E-state index in [2.05, 4.69) is 5.32 Å². The highest BCUT2D eigenvalue weighted by molar-refractivity contribution is 6.02. The number of rotatable bonds is 3. The smallest absolute Gasteiger partial charge is 0.256 e. The molecule has 0 spiro atoms. The average molecular weight is 315 g/mol. The molecule has 2 saturated heterocycles. The Morgan fingerprint density at radius 3 is 2.78 bits per heavy atom. The number of benzene rings is 1. The Morgan fingerprint density at radius 2 is 2.04 bits per heavy atom. The maximum atomic E-state index is 13.1. The predicted octanol–water partition coefficient (Wildman–Crippen LogP) is 2.34. The summed E-state index contributed by atoms with van der Waals surface area (Å²) in [5.74, 6) is 0.0301. The first kappa shape index (κ1) is 15.8. The molecule has 3 rings (SSSR count). The molecule has 0 unspecified atom stereocenters. The molecule has 124 valence electrons. The van der Waals surface area contributed by atoms with E-state index < -0.39 is 0 Å². The molecule has 2 atom stereocenters. The van der Waals surface area contributed by atoms with E-state index in [1.54, 1.807) is 4.90 Å². The Labute approximate surface area is 137 Å². The van der Waals surface area contributed by atoms with Crippen molar-refractivity contribution in [3.63, 3.8) is 0 Å². The van der Waals surface area contributed by atoms with E-state index in [1.165, 1.54) is 0 Å². The molecular formula is C18H25N3O2. The van der Waals surface area contributed by atoms with E-state index in [-0.39, 0.29) is 29.9 Å². The highest BCUT2D eigenvalue weighted by Crippen LogP contribution is 2.28. The van der Waals surface area contributed by atoms with Gasteiger partial charge in [0.1, 0.15) is 6.04 Å². The highest BCUT2D eigenvalue weighted by Gasteiger charge is 2.42. The zero-order valence-electron chi connectivity index (χ0n) is 14.1. The molecule has 2 fully saturated rings. The van der Waals surface area contributed by atoms with Crippen LogP contribution in [-0.2, 0) is 4.79 Å². The third-order valence-electron chi connectivity index (χ3n) is 4.76. The number of piperazine rings is 1. The van der Waals surface area contributed by atoms with Crippen molar-refractivity contribution < 1.29 is 9.59 Å². The van der Waals surface area contributed by atoms with Crippen molar-refractivity contribution in [1.29, 1.82) is 0 Å². The first-order valence-electron chi connectivity index (χ1n) is 8.46. The standard InChI is InChI=1S/C18H25N3O2/c1-12(2)19-16-9-5-4-8-15(16)18(23)21-11-14-7-6-10-20(14)17(22)13(21)3/h4-5,8-9,12-14,19H,6-7,10-11H2,1-3H3/t13-,14-/m1/s1. The summed E-state index contributed by atoms with van der Waals surface area (Å²) in [7, 11) is 0. The second-order valence-electron chi connectivity index (χ2n) is 6.81. The summed E-state index contributed by atoms with van der Waals surface area (Å²) in [6.45, 7) is 7.41. The van der Waals surface area contributed by atoms with E-state index in [9.17, 15) is 9.59 Å². The fourth-order valence-electron chi connectivity index (χ4n) is 3.59. The first-order valence-corrected chi connectivity index (χ1v) is 8.46. The number of carbonyl (C=O) groups excluding carboxylic acids is 2. The normalized spacial score (nSPS) is 24.1. The van der Waals surface area contributed by atoms with Gasteiger partial charge in [0.05, 0.1) is 5.56 Å². The molecule has 2 aliphatic heterocycles.